The van der Waals surface area contributed by atoms with E-state index in [0.717, 1.165) is 4.90 Å². The van der Waals surface area contributed by atoms with Crippen LogP contribution in [0.25, 0.3) is 10.9 Å². The van der Waals surface area contributed by atoms with E-state index in [4.69, 9.17) is 0 Å². The van der Waals surface area contributed by atoms with Crippen LogP contribution in [0.3, 0.4) is 0 Å². The summed E-state index contributed by atoms with van der Waals surface area (Å²) in [6, 6.07) is 11.9. The quantitative estimate of drug-likeness (QED) is 0.540. The second kappa shape index (κ2) is 7.52. The summed E-state index contributed by atoms with van der Waals surface area (Å²) in [6.45, 7) is 1.46. The van der Waals surface area contributed by atoms with E-state index in [1.54, 1.807) is 43.4 Å². The van der Waals surface area contributed by atoms with Gasteiger partial charge in [0.1, 0.15) is 11.3 Å². The summed E-state index contributed by atoms with van der Waals surface area (Å²) in [6.07, 6.45) is 1.91. The van der Waals surface area contributed by atoms with E-state index in [9.17, 15) is 19.5 Å². The van der Waals surface area contributed by atoms with Gasteiger partial charge in [0.05, 0.1) is 5.52 Å². The van der Waals surface area contributed by atoms with E-state index < -0.39 is 11.5 Å². The van der Waals surface area contributed by atoms with E-state index >= 15 is 0 Å². The topological polar surface area (TPSA) is 79.6 Å². The van der Waals surface area contributed by atoms with Gasteiger partial charge in [-0.3, -0.25) is 14.4 Å². The number of carbonyl (C=O) groups is 2. The molecule has 0 aliphatic heterocycles. The number of amides is 1. The van der Waals surface area contributed by atoms with Crippen LogP contribution in [-0.2, 0) is 7.05 Å². The predicted molar refractivity (Wildman–Crippen MR) is 112 cm³/mol. The molecule has 0 bridgehead atoms. The van der Waals surface area contributed by atoms with Crippen LogP contribution in [-0.4, -0.2) is 34.7 Å². The molecule has 1 N–H and O–H groups in total. The number of rotatable bonds is 4. The van der Waals surface area contributed by atoms with Gasteiger partial charge in [-0.2, -0.15) is 0 Å². The average molecular weight is 396 g/mol. The number of thioether (sulfide) groups is 1. The minimum Gasteiger partial charge on any atom is -0.506 e. The van der Waals surface area contributed by atoms with Crippen LogP contribution in [0.2, 0.25) is 0 Å². The molecule has 0 atom stereocenters. The van der Waals surface area contributed by atoms with Crippen molar-refractivity contribution in [2.24, 2.45) is 7.05 Å². The Kier molecular flexibility index (Phi) is 5.29. The lowest BCUT2D eigenvalue weighted by Gasteiger charge is -2.19. The maximum atomic E-state index is 13.0. The first-order valence-electron chi connectivity index (χ1n) is 8.55. The number of pyridine rings is 1. The number of benzene rings is 2. The lowest BCUT2D eigenvalue weighted by atomic mass is 10.1. The summed E-state index contributed by atoms with van der Waals surface area (Å²) < 4.78 is 1.36. The molecule has 1 heterocycles. The van der Waals surface area contributed by atoms with Crippen LogP contribution in [0, 0.1) is 0 Å². The molecule has 3 rings (SSSR count). The summed E-state index contributed by atoms with van der Waals surface area (Å²) in [5, 5.41) is 11.2. The third-order valence-electron chi connectivity index (χ3n) is 4.76. The smallest absolute Gasteiger partial charge is 0.267 e. The largest absolute Gasteiger partial charge is 0.506 e. The number of aromatic hydroxyl groups is 1. The van der Waals surface area contributed by atoms with E-state index in [1.807, 2.05) is 12.3 Å². The van der Waals surface area contributed by atoms with Crippen molar-refractivity contribution < 1.29 is 14.7 Å². The molecule has 28 heavy (non-hydrogen) atoms. The lowest BCUT2D eigenvalue weighted by Crippen LogP contribution is -2.34. The number of hydrogen-bond acceptors (Lipinski definition) is 5. The molecular formula is C21H20N2O4S. The number of nitrogens with zero attached hydrogens (tertiary/aromatic N) is 2. The van der Waals surface area contributed by atoms with Gasteiger partial charge < -0.3 is 14.6 Å². The number of carbonyl (C=O) groups excluding carboxylic acids is 2. The molecule has 0 radical (unpaired) electrons. The number of aryl methyl sites for hydroxylation is 1. The highest BCUT2D eigenvalue weighted by Crippen LogP contribution is 2.30. The first-order valence-corrected chi connectivity index (χ1v) is 9.77. The highest BCUT2D eigenvalue weighted by molar-refractivity contribution is 7.98. The van der Waals surface area contributed by atoms with Crippen molar-refractivity contribution in [2.45, 2.75) is 11.8 Å². The molecule has 0 saturated carbocycles. The summed E-state index contributed by atoms with van der Waals surface area (Å²) in [4.78, 5) is 39.4. The Bertz CT molecular complexity index is 1150. The molecule has 0 unspecified atom stereocenters. The van der Waals surface area contributed by atoms with Crippen molar-refractivity contribution in [1.82, 2.24) is 4.57 Å². The predicted octanol–water partition coefficient (Wildman–Crippen LogP) is 3.45. The first kappa shape index (κ1) is 19.7. The van der Waals surface area contributed by atoms with E-state index in [1.165, 1.54) is 35.2 Å². The highest BCUT2D eigenvalue weighted by atomic mass is 32.2. The zero-order valence-corrected chi connectivity index (χ0v) is 16.8. The molecular weight excluding hydrogens is 376 g/mol. The van der Waals surface area contributed by atoms with Gasteiger partial charge in [0.25, 0.3) is 11.5 Å². The van der Waals surface area contributed by atoms with Gasteiger partial charge in [-0.15, -0.1) is 11.8 Å². The summed E-state index contributed by atoms with van der Waals surface area (Å²) in [7, 11) is 3.09. The van der Waals surface area contributed by atoms with E-state index in [2.05, 4.69) is 0 Å². The van der Waals surface area contributed by atoms with Gasteiger partial charge in [0.2, 0.25) is 0 Å². The van der Waals surface area contributed by atoms with Crippen molar-refractivity contribution in [1.29, 1.82) is 0 Å². The van der Waals surface area contributed by atoms with Crippen molar-refractivity contribution >= 4 is 40.0 Å². The molecule has 2 aromatic carbocycles. The lowest BCUT2D eigenvalue weighted by molar-refractivity contribution is 0.0987. The maximum absolute atomic E-state index is 13.0. The Hall–Kier alpha value is -3.06. The summed E-state index contributed by atoms with van der Waals surface area (Å²) in [5.74, 6) is -1.03. The van der Waals surface area contributed by atoms with Gasteiger partial charge >= 0.3 is 0 Å². The van der Waals surface area contributed by atoms with Crippen LogP contribution >= 0.6 is 11.8 Å². The molecule has 3 aromatic rings. The number of fused-ring (bicyclic) bond motifs is 1. The molecule has 1 aromatic heterocycles. The third kappa shape index (κ3) is 3.29. The Morgan fingerprint density at radius 1 is 1.11 bits per heavy atom. The van der Waals surface area contributed by atoms with Crippen molar-refractivity contribution in [3.63, 3.8) is 0 Å². The summed E-state index contributed by atoms with van der Waals surface area (Å²) >= 11 is 1.50. The van der Waals surface area contributed by atoms with Crippen LogP contribution in [0.15, 0.2) is 52.2 Å². The number of anilines is 1. The molecule has 0 saturated heterocycles. The van der Waals surface area contributed by atoms with E-state index in [0.29, 0.717) is 22.2 Å². The second-order valence-corrected chi connectivity index (χ2v) is 7.32. The number of aromatic nitrogens is 1. The fourth-order valence-electron chi connectivity index (χ4n) is 3.03. The molecule has 0 spiro atoms. The van der Waals surface area contributed by atoms with Crippen molar-refractivity contribution in [2.75, 3.05) is 18.2 Å². The minimum absolute atomic E-state index is 0.0776. The van der Waals surface area contributed by atoms with Gasteiger partial charge in [-0.1, -0.05) is 0 Å². The van der Waals surface area contributed by atoms with E-state index in [-0.39, 0.29) is 17.1 Å². The standard InChI is InChI=1S/C21H20N2O4S/c1-12(24)13-5-7-14(8-6-13)22(2)20(26)18-19(25)16-11-15(28-4)9-10-17(16)23(3)21(18)27/h5-11,25H,1-4H3. The minimum atomic E-state index is -0.620. The number of Topliss-reactive ketones (excluding diaryl/α,β-unsaturated/α-hetero) is 1. The molecule has 1 amide bonds. The Balaban J connectivity index is 2.12. The molecule has 0 aliphatic carbocycles. The number of ketones is 1. The van der Waals surface area contributed by atoms with Gasteiger partial charge in [-0.05, 0) is 55.6 Å². The third-order valence-corrected chi connectivity index (χ3v) is 5.48. The van der Waals surface area contributed by atoms with Gasteiger partial charge in [-0.25, -0.2) is 0 Å². The highest BCUT2D eigenvalue weighted by Gasteiger charge is 2.25. The van der Waals surface area contributed by atoms with Crippen molar-refractivity contribution in [3.05, 3.63) is 63.9 Å². The Morgan fingerprint density at radius 3 is 2.32 bits per heavy atom. The van der Waals surface area contributed by atoms with Crippen molar-refractivity contribution in [3.8, 4) is 5.75 Å². The van der Waals surface area contributed by atoms with Gasteiger partial charge in [0.15, 0.2) is 5.78 Å². The zero-order valence-electron chi connectivity index (χ0n) is 16.0. The fourth-order valence-corrected chi connectivity index (χ4v) is 3.47. The molecule has 144 valence electrons. The molecule has 0 aliphatic rings. The van der Waals surface area contributed by atoms with Crippen LogP contribution in [0.4, 0.5) is 5.69 Å². The average Bonchev–Trinajstić information content (AvgIpc) is 2.71. The molecule has 7 heteroatoms. The molecule has 0 fully saturated rings. The second-order valence-electron chi connectivity index (χ2n) is 6.44. The number of hydrogen-bond donors (Lipinski definition) is 1. The van der Waals surface area contributed by atoms with Crippen LogP contribution in [0.5, 0.6) is 5.75 Å². The maximum Gasteiger partial charge on any atom is 0.267 e. The monoisotopic (exact) mass is 396 g/mol. The normalized spacial score (nSPS) is 10.9. The van der Waals surface area contributed by atoms with Crippen LogP contribution < -0.4 is 10.5 Å². The SMILES string of the molecule is CSc1ccc2c(c1)c(O)c(C(=O)N(C)c1ccc(C(C)=O)cc1)c(=O)n2C. The first-order chi connectivity index (χ1) is 13.3. The zero-order chi connectivity index (χ0) is 20.6. The summed E-state index contributed by atoms with van der Waals surface area (Å²) in [5.41, 5.74) is 0.726. The fraction of sp³-hybridized carbons (Fsp3) is 0.190. The Labute approximate surface area is 166 Å². The Morgan fingerprint density at radius 2 is 1.75 bits per heavy atom. The molecule has 6 nitrogen and oxygen atoms in total. The van der Waals surface area contributed by atoms with Crippen LogP contribution in [0.1, 0.15) is 27.6 Å². The van der Waals surface area contributed by atoms with Gasteiger partial charge in [0, 0.05) is 35.6 Å².